The van der Waals surface area contributed by atoms with Gasteiger partial charge >= 0.3 is 7.82 Å². The molecule has 0 aliphatic heterocycles. The van der Waals surface area contributed by atoms with Crippen LogP contribution in [0.5, 0.6) is 0 Å². The maximum Gasteiger partial charge on any atom is 0.472 e. The average molecular weight is 815 g/mol. The van der Waals surface area contributed by atoms with E-state index in [1.54, 1.807) is 6.08 Å². The van der Waals surface area contributed by atoms with E-state index in [-0.39, 0.29) is 25.7 Å². The molecule has 0 fully saturated rings. The fourth-order valence-corrected chi connectivity index (χ4v) is 8.19. The summed E-state index contributed by atoms with van der Waals surface area (Å²) < 4.78 is 22.1. The molecule has 0 aromatic heterocycles. The molecule has 0 aliphatic rings. The van der Waals surface area contributed by atoms with Gasteiger partial charge in [-0.25, -0.2) is 4.57 Å². The van der Waals surface area contributed by atoms with Gasteiger partial charge in [0.25, 0.3) is 0 Å². The largest absolute Gasteiger partial charge is 0.472 e. The lowest BCUT2D eigenvalue weighted by Gasteiger charge is -2.23. The number of nitrogens with one attached hydrogen (secondary N) is 1. The molecule has 0 saturated heterocycles. The van der Waals surface area contributed by atoms with Crippen LogP contribution in [0, 0.1) is 0 Å². The van der Waals surface area contributed by atoms with E-state index in [4.69, 9.17) is 14.8 Å². The van der Waals surface area contributed by atoms with E-state index in [2.05, 4.69) is 19.2 Å². The van der Waals surface area contributed by atoms with Crippen molar-refractivity contribution in [1.29, 1.82) is 0 Å². The van der Waals surface area contributed by atoms with Crippen molar-refractivity contribution in [2.24, 2.45) is 5.73 Å². The van der Waals surface area contributed by atoms with Gasteiger partial charge in [-0.2, -0.15) is 0 Å². The normalized spacial score (nSPS) is 14.0. The first kappa shape index (κ1) is 55.2. The smallest absolute Gasteiger partial charge is 0.387 e. The number of amides is 1. The number of unbranched alkanes of at least 4 members (excludes halogenated alkanes) is 34. The minimum Gasteiger partial charge on any atom is -0.387 e. The molecule has 0 aliphatic carbocycles. The van der Waals surface area contributed by atoms with Crippen molar-refractivity contribution in [3.63, 3.8) is 0 Å². The van der Waals surface area contributed by atoms with Gasteiger partial charge in [0.1, 0.15) is 0 Å². The molecule has 9 heteroatoms. The van der Waals surface area contributed by atoms with Gasteiger partial charge in [0.15, 0.2) is 0 Å². The zero-order chi connectivity index (χ0) is 41.1. The first-order chi connectivity index (χ1) is 27.4. The molecule has 0 heterocycles. The van der Waals surface area contributed by atoms with Crippen molar-refractivity contribution in [3.8, 4) is 0 Å². The Morgan fingerprint density at radius 2 is 0.911 bits per heavy atom. The Morgan fingerprint density at radius 1 is 0.571 bits per heavy atom. The molecule has 0 bridgehead atoms. The van der Waals surface area contributed by atoms with E-state index in [1.165, 1.54) is 193 Å². The van der Waals surface area contributed by atoms with Crippen LogP contribution in [0.3, 0.4) is 0 Å². The van der Waals surface area contributed by atoms with Gasteiger partial charge in [-0.15, -0.1) is 0 Å². The van der Waals surface area contributed by atoms with Crippen LogP contribution in [-0.2, 0) is 18.4 Å². The van der Waals surface area contributed by atoms with Crippen molar-refractivity contribution in [2.45, 2.75) is 264 Å². The van der Waals surface area contributed by atoms with Crippen molar-refractivity contribution in [1.82, 2.24) is 5.32 Å². The molecule has 0 aromatic rings. The lowest BCUT2D eigenvalue weighted by molar-refractivity contribution is -0.123. The molecule has 5 N–H and O–H groups in total. The van der Waals surface area contributed by atoms with Gasteiger partial charge in [-0.3, -0.25) is 13.8 Å². The zero-order valence-corrected chi connectivity index (χ0v) is 38.0. The molecule has 334 valence electrons. The van der Waals surface area contributed by atoms with E-state index >= 15 is 0 Å². The molecule has 0 saturated carbocycles. The number of carbonyl (C=O) groups is 1. The van der Waals surface area contributed by atoms with Crippen LogP contribution in [0.4, 0.5) is 0 Å². The summed E-state index contributed by atoms with van der Waals surface area (Å²) in [5.41, 5.74) is 5.37. The summed E-state index contributed by atoms with van der Waals surface area (Å²) in [7, 11) is -4.33. The Balaban J connectivity index is 3.84. The van der Waals surface area contributed by atoms with Crippen molar-refractivity contribution in [2.75, 3.05) is 19.8 Å². The van der Waals surface area contributed by atoms with Gasteiger partial charge < -0.3 is 21.1 Å². The fraction of sp³-hybridized carbons (Fsp3) is 0.936. The van der Waals surface area contributed by atoms with Gasteiger partial charge in [-0.05, 0) is 19.3 Å². The van der Waals surface area contributed by atoms with Gasteiger partial charge in [0.05, 0.1) is 25.4 Å². The van der Waals surface area contributed by atoms with Crippen LogP contribution in [0.2, 0.25) is 0 Å². The monoisotopic (exact) mass is 815 g/mol. The van der Waals surface area contributed by atoms with Crippen LogP contribution < -0.4 is 11.1 Å². The Morgan fingerprint density at radius 3 is 1.27 bits per heavy atom. The summed E-state index contributed by atoms with van der Waals surface area (Å²) in [4.78, 5) is 22.7. The average Bonchev–Trinajstić information content (AvgIpc) is 3.19. The molecular formula is C47H95N2O6P. The number of nitrogens with two attached hydrogens (primary N) is 1. The minimum atomic E-state index is -4.33. The fourth-order valence-electron chi connectivity index (χ4n) is 7.43. The van der Waals surface area contributed by atoms with Crippen LogP contribution in [0.25, 0.3) is 0 Å². The predicted molar refractivity (Wildman–Crippen MR) is 240 cm³/mol. The van der Waals surface area contributed by atoms with Crippen molar-refractivity contribution in [3.05, 3.63) is 12.2 Å². The molecule has 0 aromatic carbocycles. The van der Waals surface area contributed by atoms with E-state index < -0.39 is 20.0 Å². The molecule has 0 radical (unpaired) electrons. The molecular weight excluding hydrogens is 719 g/mol. The Kier molecular flexibility index (Phi) is 43.2. The number of carbonyl (C=O) groups excluding carboxylic acids is 1. The van der Waals surface area contributed by atoms with Crippen molar-refractivity contribution >= 4 is 13.7 Å². The molecule has 8 nitrogen and oxygen atoms in total. The van der Waals surface area contributed by atoms with Crippen LogP contribution in [0.15, 0.2) is 12.2 Å². The topological polar surface area (TPSA) is 131 Å². The molecule has 0 spiro atoms. The SMILES string of the molecule is CCCCCCCCC/C=C/[C@@H](O)[C@H](COP(=O)(O)OCCN)NC(=O)CCCCCCCCCCCCCCCCCCCCCCCCCCCCCC. The van der Waals surface area contributed by atoms with Crippen molar-refractivity contribution < 1.29 is 28.4 Å². The number of allylic oxidation sites excluding steroid dienone is 1. The standard InChI is InChI=1S/C47H95N2O6P/c1-3-5-7-9-11-13-14-15-16-17-18-19-20-21-22-23-24-25-26-27-28-29-30-31-33-35-37-39-41-47(51)49-45(44-55-56(52,53)54-43-42-48)46(50)40-38-36-34-32-12-10-8-6-4-2/h38,40,45-46,50H,3-37,39,41-44,48H2,1-2H3,(H,49,51)(H,52,53)/b40-38+/t45-,46+/m0/s1. The third kappa shape index (κ3) is 41.4. The first-order valence-electron chi connectivity index (χ1n) is 24.3. The molecule has 3 atom stereocenters. The highest BCUT2D eigenvalue weighted by Crippen LogP contribution is 2.43. The molecule has 56 heavy (non-hydrogen) atoms. The minimum absolute atomic E-state index is 0.0811. The number of phosphoric acid groups is 1. The number of hydrogen-bond acceptors (Lipinski definition) is 6. The highest BCUT2D eigenvalue weighted by molar-refractivity contribution is 7.47. The third-order valence-electron chi connectivity index (χ3n) is 11.1. The van der Waals surface area contributed by atoms with E-state index in [0.29, 0.717) is 6.42 Å². The second-order valence-corrected chi connectivity index (χ2v) is 18.1. The lowest BCUT2D eigenvalue weighted by atomic mass is 10.0. The number of aliphatic hydroxyl groups excluding tert-OH is 1. The zero-order valence-electron chi connectivity index (χ0n) is 37.1. The third-order valence-corrected chi connectivity index (χ3v) is 12.1. The second kappa shape index (κ2) is 43.8. The van der Waals surface area contributed by atoms with E-state index in [9.17, 15) is 19.4 Å². The van der Waals surface area contributed by atoms with Gasteiger partial charge in [0, 0.05) is 13.0 Å². The Bertz CT molecular complexity index is 891. The summed E-state index contributed by atoms with van der Waals surface area (Å²) in [6.07, 6.45) is 50.2. The highest BCUT2D eigenvalue weighted by atomic mass is 31.2. The van der Waals surface area contributed by atoms with Crippen LogP contribution in [0.1, 0.15) is 251 Å². The lowest BCUT2D eigenvalue weighted by Crippen LogP contribution is -2.45. The van der Waals surface area contributed by atoms with Crippen LogP contribution >= 0.6 is 7.82 Å². The summed E-state index contributed by atoms with van der Waals surface area (Å²) in [5, 5.41) is 13.6. The van der Waals surface area contributed by atoms with Crippen LogP contribution in [-0.4, -0.2) is 47.8 Å². The van der Waals surface area contributed by atoms with E-state index in [1.807, 2.05) is 6.08 Å². The van der Waals surface area contributed by atoms with Gasteiger partial charge in [-0.1, -0.05) is 238 Å². The molecule has 1 unspecified atom stereocenters. The quantitative estimate of drug-likeness (QED) is 0.0273. The number of rotatable bonds is 46. The summed E-state index contributed by atoms with van der Waals surface area (Å²) >= 11 is 0. The first-order valence-corrected chi connectivity index (χ1v) is 25.8. The number of phosphoric ester groups is 1. The maximum absolute atomic E-state index is 12.7. The summed E-state index contributed by atoms with van der Waals surface area (Å²) in [6, 6.07) is -0.853. The Hall–Kier alpha value is -0.760. The summed E-state index contributed by atoms with van der Waals surface area (Å²) in [6.45, 7) is 4.13. The van der Waals surface area contributed by atoms with Gasteiger partial charge in [0.2, 0.25) is 5.91 Å². The highest BCUT2D eigenvalue weighted by Gasteiger charge is 2.26. The van der Waals surface area contributed by atoms with E-state index in [0.717, 1.165) is 38.5 Å². The second-order valence-electron chi connectivity index (χ2n) is 16.7. The number of aliphatic hydroxyl groups is 1. The summed E-state index contributed by atoms with van der Waals surface area (Å²) in [5.74, 6) is -0.191. The molecule has 0 rings (SSSR count). The number of hydrogen-bond donors (Lipinski definition) is 4. The molecule has 1 amide bonds. The maximum atomic E-state index is 12.7. The Labute approximate surface area is 347 Å². The predicted octanol–water partition coefficient (Wildman–Crippen LogP) is 14.0.